The molecule has 2 heterocycles. The largest absolute Gasteiger partial charge is 0.489 e. The van der Waals surface area contributed by atoms with Gasteiger partial charge in [0.1, 0.15) is 29.8 Å². The van der Waals surface area contributed by atoms with Gasteiger partial charge in [-0.25, -0.2) is 9.37 Å². The lowest BCUT2D eigenvalue weighted by Gasteiger charge is -2.14. The number of nitrogens with zero attached hydrogens (tertiary/aromatic N) is 3. The summed E-state index contributed by atoms with van der Waals surface area (Å²) in [6.45, 7) is 8.76. The number of carbonyl (C=O) groups is 2. The van der Waals surface area contributed by atoms with Crippen LogP contribution in [0.4, 0.5) is 10.2 Å². The van der Waals surface area contributed by atoms with Gasteiger partial charge in [0, 0.05) is 49.7 Å². The molecule has 1 aliphatic carbocycles. The second-order valence-electron chi connectivity index (χ2n) is 10.6. The van der Waals surface area contributed by atoms with Gasteiger partial charge >= 0.3 is 0 Å². The number of aromatic nitrogens is 3. The first-order chi connectivity index (χ1) is 17.1. The van der Waals surface area contributed by atoms with Crippen molar-refractivity contribution in [3.63, 3.8) is 0 Å². The Bertz CT molecular complexity index is 1260. The van der Waals surface area contributed by atoms with Crippen molar-refractivity contribution in [1.82, 2.24) is 14.8 Å². The summed E-state index contributed by atoms with van der Waals surface area (Å²) >= 11 is 0. The average Bonchev–Trinajstić information content (AvgIpc) is 3.52. The summed E-state index contributed by atoms with van der Waals surface area (Å²) < 4.78 is 22.5. The van der Waals surface area contributed by atoms with E-state index in [1.54, 1.807) is 30.5 Å². The number of Topliss-reactive ketones (excluding diaryl/α,β-unsaturated/α-hetero) is 1. The van der Waals surface area contributed by atoms with Crippen molar-refractivity contribution in [2.45, 2.75) is 71.9 Å². The molecule has 1 amide bonds. The van der Waals surface area contributed by atoms with Crippen LogP contribution in [0.5, 0.6) is 5.75 Å². The van der Waals surface area contributed by atoms with Gasteiger partial charge in [-0.2, -0.15) is 5.10 Å². The van der Waals surface area contributed by atoms with Gasteiger partial charge in [0.25, 0.3) is 0 Å². The van der Waals surface area contributed by atoms with Crippen LogP contribution in [0.25, 0.3) is 0 Å². The summed E-state index contributed by atoms with van der Waals surface area (Å²) in [7, 11) is 0. The summed E-state index contributed by atoms with van der Waals surface area (Å²) in [5.41, 5.74) is 2.89. The van der Waals surface area contributed by atoms with Gasteiger partial charge in [-0.05, 0) is 54.2 Å². The summed E-state index contributed by atoms with van der Waals surface area (Å²) in [4.78, 5) is 28.1. The van der Waals surface area contributed by atoms with E-state index in [9.17, 15) is 14.0 Å². The smallest absolute Gasteiger partial charge is 0.222 e. The Kier molecular flexibility index (Phi) is 7.52. The molecule has 3 aromatic rings. The molecule has 0 unspecified atom stereocenters. The van der Waals surface area contributed by atoms with Crippen molar-refractivity contribution in [2.24, 2.45) is 5.92 Å². The molecule has 0 saturated heterocycles. The molecule has 7 nitrogen and oxygen atoms in total. The number of ketones is 1. The predicted molar refractivity (Wildman–Crippen MR) is 135 cm³/mol. The first-order valence-electron chi connectivity index (χ1n) is 12.3. The van der Waals surface area contributed by atoms with Crippen LogP contribution in [0.2, 0.25) is 0 Å². The van der Waals surface area contributed by atoms with Gasteiger partial charge in [0.05, 0.1) is 5.69 Å². The zero-order valence-corrected chi connectivity index (χ0v) is 21.3. The highest BCUT2D eigenvalue weighted by Gasteiger charge is 2.26. The van der Waals surface area contributed by atoms with Crippen molar-refractivity contribution in [1.29, 1.82) is 0 Å². The summed E-state index contributed by atoms with van der Waals surface area (Å²) in [5.74, 6) is 0.685. The topological polar surface area (TPSA) is 86.1 Å². The third kappa shape index (κ3) is 6.99. The van der Waals surface area contributed by atoms with Crippen molar-refractivity contribution < 1.29 is 18.7 Å². The number of anilines is 1. The second-order valence-corrected chi connectivity index (χ2v) is 10.6. The Morgan fingerprint density at radius 3 is 2.58 bits per heavy atom. The predicted octanol–water partition coefficient (Wildman–Crippen LogP) is 5.02. The summed E-state index contributed by atoms with van der Waals surface area (Å²) in [6, 6.07) is 10.0. The highest BCUT2D eigenvalue weighted by Crippen LogP contribution is 2.32. The van der Waals surface area contributed by atoms with Crippen LogP contribution < -0.4 is 10.1 Å². The molecular formula is C28H33FN4O3. The highest BCUT2D eigenvalue weighted by molar-refractivity contribution is 5.87. The molecule has 0 spiro atoms. The molecular weight excluding hydrogens is 459 g/mol. The van der Waals surface area contributed by atoms with Crippen LogP contribution in [-0.4, -0.2) is 26.5 Å². The van der Waals surface area contributed by atoms with E-state index in [1.165, 1.54) is 25.8 Å². The second kappa shape index (κ2) is 10.6. The van der Waals surface area contributed by atoms with Crippen LogP contribution >= 0.6 is 0 Å². The molecule has 1 saturated carbocycles. The number of hydrogen-bond donors (Lipinski definition) is 1. The van der Waals surface area contributed by atoms with Crippen LogP contribution in [0.3, 0.4) is 0 Å². The van der Waals surface area contributed by atoms with Gasteiger partial charge in [-0.3, -0.25) is 14.3 Å². The minimum absolute atomic E-state index is 0.00992. The van der Waals surface area contributed by atoms with Gasteiger partial charge in [-0.15, -0.1) is 0 Å². The molecule has 0 bridgehead atoms. The third-order valence-corrected chi connectivity index (χ3v) is 6.08. The number of nitrogens with one attached hydrogen (secondary N) is 1. The molecule has 1 fully saturated rings. The average molecular weight is 493 g/mol. The minimum atomic E-state index is -0.476. The maximum atomic E-state index is 14.8. The SMILES string of the molecule is CC(=O)Nc1cc(COc2ccc(CC(=O)Cc3cc(C(C)(C)C)nn3CC3CC3)c(F)c2)ccn1. The third-order valence-electron chi connectivity index (χ3n) is 6.08. The molecule has 0 aliphatic heterocycles. The lowest BCUT2D eigenvalue weighted by Crippen LogP contribution is -2.15. The van der Waals surface area contributed by atoms with E-state index in [0.29, 0.717) is 23.0 Å². The Morgan fingerprint density at radius 2 is 1.92 bits per heavy atom. The first kappa shape index (κ1) is 25.5. The van der Waals surface area contributed by atoms with Crippen LogP contribution in [0, 0.1) is 11.7 Å². The standard InChI is InChI=1S/C28H33FN4O3/c1-18(34)31-27-11-20(9-10-30-27)17-36-24-8-7-21(25(29)15-24)12-23(35)13-22-14-26(28(2,3)4)32-33(22)16-19-5-6-19/h7-11,14-15,19H,5-6,12-13,16-17H2,1-4H3,(H,30,31,34). The number of rotatable bonds is 10. The van der Waals surface area contributed by atoms with E-state index in [4.69, 9.17) is 9.84 Å². The van der Waals surface area contributed by atoms with Crippen molar-refractivity contribution in [2.75, 3.05) is 5.32 Å². The quantitative estimate of drug-likeness (QED) is 0.430. The molecule has 1 aliphatic rings. The van der Waals surface area contributed by atoms with Crippen LogP contribution in [0.1, 0.15) is 63.1 Å². The molecule has 8 heteroatoms. The summed E-state index contributed by atoms with van der Waals surface area (Å²) in [6.07, 6.45) is 4.22. The van der Waals surface area contributed by atoms with E-state index in [2.05, 4.69) is 31.1 Å². The molecule has 0 radical (unpaired) electrons. The van der Waals surface area contributed by atoms with Crippen LogP contribution in [-0.2, 0) is 41.0 Å². The zero-order chi connectivity index (χ0) is 25.9. The molecule has 0 atom stereocenters. The lowest BCUT2D eigenvalue weighted by molar-refractivity contribution is -0.118. The number of halogens is 1. The Hall–Kier alpha value is -3.55. The summed E-state index contributed by atoms with van der Waals surface area (Å²) in [5, 5.41) is 7.38. The minimum Gasteiger partial charge on any atom is -0.489 e. The number of amides is 1. The fourth-order valence-electron chi connectivity index (χ4n) is 3.88. The van der Waals surface area contributed by atoms with Gasteiger partial charge < -0.3 is 10.1 Å². The normalized spacial score (nSPS) is 13.5. The van der Waals surface area contributed by atoms with E-state index in [0.717, 1.165) is 23.5 Å². The van der Waals surface area contributed by atoms with Crippen molar-refractivity contribution in [3.05, 3.63) is 70.9 Å². The molecule has 36 heavy (non-hydrogen) atoms. The van der Waals surface area contributed by atoms with E-state index in [1.807, 2.05) is 10.7 Å². The van der Waals surface area contributed by atoms with Crippen molar-refractivity contribution >= 4 is 17.5 Å². The lowest BCUT2D eigenvalue weighted by atomic mass is 9.92. The van der Waals surface area contributed by atoms with E-state index in [-0.39, 0.29) is 36.6 Å². The highest BCUT2D eigenvalue weighted by atomic mass is 19.1. The van der Waals surface area contributed by atoms with Crippen LogP contribution in [0.15, 0.2) is 42.6 Å². The van der Waals surface area contributed by atoms with Gasteiger partial charge in [0.15, 0.2) is 0 Å². The Balaban J connectivity index is 1.37. The Labute approximate surface area is 211 Å². The molecule has 190 valence electrons. The van der Waals surface area contributed by atoms with Gasteiger partial charge in [-0.1, -0.05) is 26.8 Å². The molecule has 2 aromatic heterocycles. The number of benzene rings is 1. The fraction of sp³-hybridized carbons (Fsp3) is 0.429. The molecule has 1 aromatic carbocycles. The molecule has 1 N–H and O–H groups in total. The first-order valence-corrected chi connectivity index (χ1v) is 12.3. The Morgan fingerprint density at radius 1 is 1.14 bits per heavy atom. The monoisotopic (exact) mass is 492 g/mol. The fourth-order valence-corrected chi connectivity index (χ4v) is 3.88. The van der Waals surface area contributed by atoms with E-state index < -0.39 is 5.82 Å². The van der Waals surface area contributed by atoms with Gasteiger partial charge in [0.2, 0.25) is 5.91 Å². The molecule has 4 rings (SSSR count). The number of ether oxygens (including phenoxy) is 1. The number of pyridine rings is 1. The maximum absolute atomic E-state index is 14.8. The zero-order valence-electron chi connectivity index (χ0n) is 21.3. The number of hydrogen-bond acceptors (Lipinski definition) is 5. The van der Waals surface area contributed by atoms with Crippen molar-refractivity contribution in [3.8, 4) is 5.75 Å². The number of carbonyl (C=O) groups excluding carboxylic acids is 2. The maximum Gasteiger partial charge on any atom is 0.222 e. The van der Waals surface area contributed by atoms with E-state index >= 15 is 0 Å².